The first kappa shape index (κ1) is 14.7. The average molecular weight is 324 g/mol. The molecule has 0 bridgehead atoms. The number of carbonyl (C=O) groups is 1. The number of ether oxygens (including phenoxy) is 1. The van der Waals surface area contributed by atoms with E-state index in [0.29, 0.717) is 13.2 Å². The highest BCUT2D eigenvalue weighted by Crippen LogP contribution is 2.26. The van der Waals surface area contributed by atoms with E-state index >= 15 is 0 Å². The third kappa shape index (κ3) is 3.09. The average Bonchev–Trinajstić information content (AvgIpc) is 2.39. The molecule has 0 amide bonds. The van der Waals surface area contributed by atoms with Crippen LogP contribution in [0.5, 0.6) is 0 Å². The Hall–Kier alpha value is -0.660. The number of halogens is 2. The molecule has 0 aromatic heterocycles. The molecule has 0 saturated carbocycles. The van der Waals surface area contributed by atoms with Crippen LogP contribution < -0.4 is 0 Å². The van der Waals surface area contributed by atoms with Crippen molar-refractivity contribution in [3.8, 4) is 0 Å². The summed E-state index contributed by atoms with van der Waals surface area (Å²) in [6.45, 7) is 1.20. The van der Waals surface area contributed by atoms with Crippen LogP contribution in [0, 0.1) is 0 Å². The predicted octanol–water partition coefficient (Wildman–Crippen LogP) is 1.74. The molecule has 8 heteroatoms. The molecule has 1 aliphatic rings. The van der Waals surface area contributed by atoms with Crippen LogP contribution in [0.2, 0.25) is 5.02 Å². The van der Waals surface area contributed by atoms with Gasteiger partial charge in [0, 0.05) is 18.7 Å². The van der Waals surface area contributed by atoms with Gasteiger partial charge in [0.2, 0.25) is 10.0 Å². The number of nitrogens with zero attached hydrogens (tertiary/aromatic N) is 1. The first-order valence-electron chi connectivity index (χ1n) is 5.50. The lowest BCUT2D eigenvalue weighted by molar-refractivity contribution is 0.0730. The maximum Gasteiger partial charge on any atom is 0.252 e. The fourth-order valence-corrected chi connectivity index (χ4v) is 3.78. The van der Waals surface area contributed by atoms with Gasteiger partial charge in [-0.15, -0.1) is 0 Å². The lowest BCUT2D eigenvalue weighted by Gasteiger charge is -2.26. The molecule has 1 heterocycles. The molecule has 0 radical (unpaired) electrons. The molecule has 1 saturated heterocycles. The molecule has 0 aliphatic carbocycles. The van der Waals surface area contributed by atoms with Crippen molar-refractivity contribution in [3.05, 3.63) is 28.8 Å². The Morgan fingerprint density at radius 1 is 1.26 bits per heavy atom. The van der Waals surface area contributed by atoms with Crippen LogP contribution in [0.1, 0.15) is 10.4 Å². The number of morpholine rings is 1. The van der Waals surface area contributed by atoms with E-state index in [0.717, 1.165) is 0 Å². The topological polar surface area (TPSA) is 63.7 Å². The highest BCUT2D eigenvalue weighted by molar-refractivity contribution is 7.89. The second kappa shape index (κ2) is 5.76. The van der Waals surface area contributed by atoms with Crippen LogP contribution in [0.25, 0.3) is 0 Å². The van der Waals surface area contributed by atoms with Crippen LogP contribution in [0.3, 0.4) is 0 Å². The number of carbonyl (C=O) groups excluding carboxylic acids is 1. The van der Waals surface area contributed by atoms with Crippen molar-refractivity contribution >= 4 is 38.5 Å². The smallest absolute Gasteiger partial charge is 0.252 e. The van der Waals surface area contributed by atoms with Gasteiger partial charge in [0.25, 0.3) is 5.24 Å². The summed E-state index contributed by atoms with van der Waals surface area (Å²) in [6.07, 6.45) is 0. The second-order valence-corrected chi connectivity index (χ2v) is 6.59. The van der Waals surface area contributed by atoms with Gasteiger partial charge >= 0.3 is 0 Å². The molecule has 1 fully saturated rings. The SMILES string of the molecule is O=C(Cl)c1ccc(Cl)c(S(=O)(=O)N2CCOCC2)c1. The minimum atomic E-state index is -3.74. The van der Waals surface area contributed by atoms with Gasteiger partial charge in [-0.05, 0) is 29.8 Å². The minimum Gasteiger partial charge on any atom is -0.379 e. The van der Waals surface area contributed by atoms with Crippen molar-refractivity contribution < 1.29 is 17.9 Å². The number of hydrogen-bond donors (Lipinski definition) is 0. The van der Waals surface area contributed by atoms with Gasteiger partial charge in [-0.1, -0.05) is 11.6 Å². The number of sulfonamides is 1. The van der Waals surface area contributed by atoms with Gasteiger partial charge in [-0.2, -0.15) is 4.31 Å². The maximum atomic E-state index is 12.4. The molecule has 0 spiro atoms. The largest absolute Gasteiger partial charge is 0.379 e. The van der Waals surface area contributed by atoms with Crippen molar-refractivity contribution in [2.24, 2.45) is 0 Å². The van der Waals surface area contributed by atoms with Crippen molar-refractivity contribution in [2.45, 2.75) is 4.90 Å². The first-order chi connectivity index (χ1) is 8.93. The van der Waals surface area contributed by atoms with Crippen LogP contribution in [-0.4, -0.2) is 44.3 Å². The zero-order chi connectivity index (χ0) is 14.0. The molecule has 0 N–H and O–H groups in total. The van der Waals surface area contributed by atoms with E-state index in [1.165, 1.54) is 22.5 Å². The number of benzene rings is 1. The number of rotatable bonds is 3. The first-order valence-corrected chi connectivity index (χ1v) is 7.70. The summed E-state index contributed by atoms with van der Waals surface area (Å²) in [5.41, 5.74) is 0.0953. The van der Waals surface area contributed by atoms with Gasteiger partial charge in [0.15, 0.2) is 0 Å². The van der Waals surface area contributed by atoms with Gasteiger partial charge in [-0.25, -0.2) is 8.42 Å². The maximum absolute atomic E-state index is 12.4. The van der Waals surface area contributed by atoms with Crippen molar-refractivity contribution in [3.63, 3.8) is 0 Å². The Morgan fingerprint density at radius 2 is 1.89 bits per heavy atom. The summed E-state index contributed by atoms with van der Waals surface area (Å²) in [7, 11) is -3.74. The Bertz CT molecular complexity index is 597. The van der Waals surface area contributed by atoms with Crippen LogP contribution in [-0.2, 0) is 14.8 Å². The van der Waals surface area contributed by atoms with Gasteiger partial charge in [-0.3, -0.25) is 4.79 Å². The summed E-state index contributed by atoms with van der Waals surface area (Å²) in [5.74, 6) is 0. The normalized spacial score (nSPS) is 17.4. The number of hydrogen-bond acceptors (Lipinski definition) is 4. The molecule has 19 heavy (non-hydrogen) atoms. The molecule has 104 valence electrons. The van der Waals surface area contributed by atoms with Crippen molar-refractivity contribution in [2.75, 3.05) is 26.3 Å². The molecule has 0 atom stereocenters. The van der Waals surface area contributed by atoms with Crippen LogP contribution in [0.4, 0.5) is 0 Å². The fourth-order valence-electron chi connectivity index (χ4n) is 1.75. The zero-order valence-electron chi connectivity index (χ0n) is 9.80. The standard InChI is InChI=1S/C11H11Cl2NO4S/c12-9-2-1-8(11(13)15)7-10(9)19(16,17)14-3-5-18-6-4-14/h1-2,7H,3-6H2. The zero-order valence-corrected chi connectivity index (χ0v) is 12.1. The summed E-state index contributed by atoms with van der Waals surface area (Å²) in [4.78, 5) is 11.0. The van der Waals surface area contributed by atoms with E-state index < -0.39 is 15.3 Å². The van der Waals surface area contributed by atoms with E-state index in [2.05, 4.69) is 0 Å². The van der Waals surface area contributed by atoms with E-state index in [1.807, 2.05) is 0 Å². The Morgan fingerprint density at radius 3 is 2.47 bits per heavy atom. The molecule has 5 nitrogen and oxygen atoms in total. The molecule has 1 aromatic rings. The Balaban J connectivity index is 2.44. The van der Waals surface area contributed by atoms with Crippen molar-refractivity contribution in [1.29, 1.82) is 0 Å². The highest BCUT2D eigenvalue weighted by atomic mass is 35.5. The van der Waals surface area contributed by atoms with Gasteiger partial charge in [0.05, 0.1) is 18.2 Å². The molecule has 1 aromatic carbocycles. The third-order valence-electron chi connectivity index (χ3n) is 2.75. The summed E-state index contributed by atoms with van der Waals surface area (Å²) in [6, 6.07) is 3.93. The minimum absolute atomic E-state index is 0.0631. The summed E-state index contributed by atoms with van der Waals surface area (Å²) >= 11 is 11.3. The van der Waals surface area contributed by atoms with E-state index in [1.54, 1.807) is 0 Å². The fraction of sp³-hybridized carbons (Fsp3) is 0.364. The Labute approximate surface area is 121 Å². The molecular weight excluding hydrogens is 313 g/mol. The third-order valence-corrected chi connectivity index (χ3v) is 5.34. The summed E-state index contributed by atoms with van der Waals surface area (Å²) < 4.78 is 31.2. The van der Waals surface area contributed by atoms with E-state index in [9.17, 15) is 13.2 Å². The lowest BCUT2D eigenvalue weighted by atomic mass is 10.2. The molecule has 2 rings (SSSR count). The van der Waals surface area contributed by atoms with Gasteiger partial charge < -0.3 is 4.74 Å². The van der Waals surface area contributed by atoms with Crippen LogP contribution in [0.15, 0.2) is 23.1 Å². The molecule has 0 unspecified atom stereocenters. The predicted molar refractivity (Wildman–Crippen MR) is 71.2 cm³/mol. The highest BCUT2D eigenvalue weighted by Gasteiger charge is 2.28. The van der Waals surface area contributed by atoms with E-state index in [4.69, 9.17) is 27.9 Å². The van der Waals surface area contributed by atoms with E-state index in [-0.39, 0.29) is 28.6 Å². The lowest BCUT2D eigenvalue weighted by Crippen LogP contribution is -2.40. The Kier molecular flexibility index (Phi) is 4.47. The quantitative estimate of drug-likeness (QED) is 0.795. The van der Waals surface area contributed by atoms with Crippen molar-refractivity contribution in [1.82, 2.24) is 4.31 Å². The monoisotopic (exact) mass is 323 g/mol. The molecule has 1 aliphatic heterocycles. The summed E-state index contributed by atoms with van der Waals surface area (Å²) in [5, 5.41) is -0.664. The van der Waals surface area contributed by atoms with Crippen LogP contribution >= 0.6 is 23.2 Å². The molecular formula is C11H11Cl2NO4S. The second-order valence-electron chi connectivity index (χ2n) is 3.94. The van der Waals surface area contributed by atoms with Gasteiger partial charge in [0.1, 0.15) is 4.90 Å².